The van der Waals surface area contributed by atoms with Crippen molar-refractivity contribution in [3.63, 3.8) is 0 Å². The normalized spacial score (nSPS) is 24.3. The van der Waals surface area contributed by atoms with Crippen molar-refractivity contribution in [2.24, 2.45) is 5.73 Å². The van der Waals surface area contributed by atoms with E-state index in [1.807, 2.05) is 0 Å². The molecule has 18 heavy (non-hydrogen) atoms. The molecule has 3 N–H and O–H groups in total. The fraction of sp³-hybridized carbons (Fsp3) is 0.818. The highest BCUT2D eigenvalue weighted by Crippen LogP contribution is 2.12. The van der Waals surface area contributed by atoms with Gasteiger partial charge in [-0.25, -0.2) is 0 Å². The third kappa shape index (κ3) is 3.05. The summed E-state index contributed by atoms with van der Waals surface area (Å²) in [6, 6.07) is -0.197. The van der Waals surface area contributed by atoms with E-state index >= 15 is 0 Å². The fourth-order valence-corrected chi connectivity index (χ4v) is 2.11. The number of rotatable bonds is 4. The number of aromatic nitrogens is 2. The van der Waals surface area contributed by atoms with E-state index in [0.29, 0.717) is 17.8 Å². The van der Waals surface area contributed by atoms with Crippen molar-refractivity contribution in [3.8, 4) is 0 Å². The van der Waals surface area contributed by atoms with Crippen molar-refractivity contribution < 1.29 is 9.63 Å². The van der Waals surface area contributed by atoms with E-state index in [-0.39, 0.29) is 6.61 Å². The van der Waals surface area contributed by atoms with Crippen molar-refractivity contribution in [2.45, 2.75) is 18.5 Å². The van der Waals surface area contributed by atoms with Gasteiger partial charge in [0.05, 0.1) is 6.61 Å². The van der Waals surface area contributed by atoms with Gasteiger partial charge in [-0.3, -0.25) is 0 Å². The second kappa shape index (κ2) is 5.75. The monoisotopic (exact) mass is 255 g/mol. The van der Waals surface area contributed by atoms with E-state index in [2.05, 4.69) is 34.0 Å². The second-order valence-corrected chi connectivity index (χ2v) is 4.94. The lowest BCUT2D eigenvalue weighted by atomic mass is 10.1. The van der Waals surface area contributed by atoms with Gasteiger partial charge in [-0.05, 0) is 14.1 Å². The van der Waals surface area contributed by atoms with Crippen molar-refractivity contribution in [3.05, 3.63) is 11.7 Å². The zero-order chi connectivity index (χ0) is 13.1. The minimum absolute atomic E-state index is 0.187. The van der Waals surface area contributed by atoms with Crippen LogP contribution in [0.2, 0.25) is 0 Å². The molecule has 1 aliphatic rings. The molecule has 0 radical (unpaired) electrons. The third-order valence-electron chi connectivity index (χ3n) is 3.40. The zero-order valence-electron chi connectivity index (χ0n) is 10.9. The van der Waals surface area contributed by atoms with Gasteiger partial charge in [0.2, 0.25) is 5.89 Å². The molecule has 0 amide bonds. The summed E-state index contributed by atoms with van der Waals surface area (Å²) in [5.41, 5.74) is 5.63. The predicted molar refractivity (Wildman–Crippen MR) is 65.9 cm³/mol. The molecular formula is C11H21N5O2. The lowest BCUT2D eigenvalue weighted by molar-refractivity contribution is 0.113. The molecule has 2 heterocycles. The highest BCUT2D eigenvalue weighted by atomic mass is 16.5. The average Bonchev–Trinajstić information content (AvgIpc) is 2.81. The van der Waals surface area contributed by atoms with Gasteiger partial charge in [0.1, 0.15) is 6.04 Å². The Morgan fingerprint density at radius 3 is 3.00 bits per heavy atom. The molecular weight excluding hydrogens is 234 g/mol. The number of likely N-dealkylation sites (N-methyl/N-ethyl adjacent to an activating group) is 2. The van der Waals surface area contributed by atoms with Crippen molar-refractivity contribution in [1.29, 1.82) is 0 Å². The van der Waals surface area contributed by atoms with E-state index < -0.39 is 6.04 Å². The molecule has 7 nitrogen and oxygen atoms in total. The molecule has 1 aromatic heterocycles. The zero-order valence-corrected chi connectivity index (χ0v) is 10.9. The number of aliphatic hydroxyl groups excluding tert-OH is 1. The summed E-state index contributed by atoms with van der Waals surface area (Å²) in [5, 5.41) is 12.8. The van der Waals surface area contributed by atoms with Gasteiger partial charge < -0.3 is 25.2 Å². The maximum Gasteiger partial charge on any atom is 0.245 e. The van der Waals surface area contributed by atoms with Gasteiger partial charge in [-0.15, -0.1) is 0 Å². The Labute approximate surface area is 107 Å². The molecule has 7 heteroatoms. The van der Waals surface area contributed by atoms with Crippen molar-refractivity contribution in [1.82, 2.24) is 19.9 Å². The lowest BCUT2D eigenvalue weighted by Crippen LogP contribution is -2.50. The topological polar surface area (TPSA) is 91.7 Å². The predicted octanol–water partition coefficient (Wildman–Crippen LogP) is -1.15. The summed E-state index contributed by atoms with van der Waals surface area (Å²) >= 11 is 0. The Bertz CT molecular complexity index is 383. The minimum atomic E-state index is -0.585. The first-order valence-electron chi connectivity index (χ1n) is 6.18. The first kappa shape index (κ1) is 13.4. The van der Waals surface area contributed by atoms with E-state index in [9.17, 15) is 0 Å². The molecule has 1 unspecified atom stereocenters. The first-order valence-corrected chi connectivity index (χ1v) is 6.18. The van der Waals surface area contributed by atoms with Gasteiger partial charge in [0, 0.05) is 32.1 Å². The summed E-state index contributed by atoms with van der Waals surface area (Å²) in [7, 11) is 4.22. The molecule has 0 saturated carbocycles. The molecule has 0 aromatic carbocycles. The number of aliphatic hydroxyl groups is 1. The molecule has 0 aliphatic carbocycles. The average molecular weight is 255 g/mol. The standard InChI is InChI=1S/C11H21N5O2/c1-15-3-4-16(2)8(6-15)5-10-13-11(18-14-10)9(12)7-17/h8-9,17H,3-7,12H2,1-2H3/t8?,9-/m1/s1. The van der Waals surface area contributed by atoms with Gasteiger partial charge >= 0.3 is 0 Å². The van der Waals surface area contributed by atoms with Crippen LogP contribution in [-0.2, 0) is 6.42 Å². The van der Waals surface area contributed by atoms with Crippen molar-refractivity contribution in [2.75, 3.05) is 40.3 Å². The van der Waals surface area contributed by atoms with Crippen LogP contribution in [0.4, 0.5) is 0 Å². The second-order valence-electron chi connectivity index (χ2n) is 4.94. The minimum Gasteiger partial charge on any atom is -0.394 e. The number of nitrogens with two attached hydrogens (primary N) is 1. The molecule has 1 fully saturated rings. The molecule has 2 atom stereocenters. The smallest absolute Gasteiger partial charge is 0.245 e. The van der Waals surface area contributed by atoms with Gasteiger partial charge in [0.15, 0.2) is 5.82 Å². The quantitative estimate of drug-likeness (QED) is 0.702. The highest BCUT2D eigenvalue weighted by molar-refractivity contribution is 4.95. The van der Waals surface area contributed by atoms with Crippen LogP contribution in [0.15, 0.2) is 4.52 Å². The van der Waals surface area contributed by atoms with Crippen LogP contribution in [0.3, 0.4) is 0 Å². The number of nitrogens with zero attached hydrogens (tertiary/aromatic N) is 4. The maximum atomic E-state index is 8.93. The first-order chi connectivity index (χ1) is 8.60. The summed E-state index contributed by atoms with van der Waals surface area (Å²) in [5.74, 6) is 0.959. The summed E-state index contributed by atoms with van der Waals surface area (Å²) in [4.78, 5) is 8.83. The number of hydrogen-bond acceptors (Lipinski definition) is 7. The largest absolute Gasteiger partial charge is 0.394 e. The van der Waals surface area contributed by atoms with Crippen LogP contribution in [0.25, 0.3) is 0 Å². The van der Waals surface area contributed by atoms with Gasteiger partial charge in [0.25, 0.3) is 0 Å². The fourth-order valence-electron chi connectivity index (χ4n) is 2.11. The Balaban J connectivity index is 1.98. The van der Waals surface area contributed by atoms with Crippen molar-refractivity contribution >= 4 is 0 Å². The van der Waals surface area contributed by atoms with Gasteiger partial charge in [-0.2, -0.15) is 4.98 Å². The van der Waals surface area contributed by atoms with Crippen LogP contribution >= 0.6 is 0 Å². The van der Waals surface area contributed by atoms with Crippen LogP contribution < -0.4 is 5.73 Å². The molecule has 102 valence electrons. The third-order valence-corrected chi connectivity index (χ3v) is 3.40. The van der Waals surface area contributed by atoms with Crippen LogP contribution in [-0.4, -0.2) is 71.4 Å². The summed E-state index contributed by atoms with van der Waals surface area (Å²) in [6.45, 7) is 2.93. The molecule has 1 aliphatic heterocycles. The van der Waals surface area contributed by atoms with E-state index in [0.717, 1.165) is 26.1 Å². The summed E-state index contributed by atoms with van der Waals surface area (Å²) in [6.07, 6.45) is 0.739. The molecule has 2 rings (SSSR count). The number of piperazine rings is 1. The van der Waals surface area contributed by atoms with Crippen LogP contribution in [0.1, 0.15) is 17.8 Å². The van der Waals surface area contributed by atoms with Crippen LogP contribution in [0.5, 0.6) is 0 Å². The molecule has 0 bridgehead atoms. The Morgan fingerprint density at radius 2 is 2.28 bits per heavy atom. The maximum absolute atomic E-state index is 8.93. The Morgan fingerprint density at radius 1 is 1.50 bits per heavy atom. The van der Waals surface area contributed by atoms with Gasteiger partial charge in [-0.1, -0.05) is 5.16 Å². The lowest BCUT2D eigenvalue weighted by Gasteiger charge is -2.37. The summed E-state index contributed by atoms with van der Waals surface area (Å²) < 4.78 is 5.04. The molecule has 0 spiro atoms. The van der Waals surface area contributed by atoms with E-state index in [1.54, 1.807) is 0 Å². The molecule has 1 saturated heterocycles. The highest BCUT2D eigenvalue weighted by Gasteiger charge is 2.24. The Hall–Kier alpha value is -1.02. The van der Waals surface area contributed by atoms with E-state index in [1.165, 1.54) is 0 Å². The number of hydrogen-bond donors (Lipinski definition) is 2. The SMILES string of the molecule is CN1CCN(C)C(Cc2noc([C@H](N)CO)n2)C1. The van der Waals surface area contributed by atoms with Crippen LogP contribution in [0, 0.1) is 0 Å². The molecule has 1 aromatic rings. The van der Waals surface area contributed by atoms with E-state index in [4.69, 9.17) is 15.4 Å². The Kier molecular flexibility index (Phi) is 4.28.